The van der Waals surface area contributed by atoms with Gasteiger partial charge in [-0.2, -0.15) is 0 Å². The second kappa shape index (κ2) is 9.34. The first-order valence-corrected chi connectivity index (χ1v) is 7.56. The molecule has 1 aliphatic rings. The molecule has 1 aromatic carbocycles. The third-order valence-electron chi connectivity index (χ3n) is 3.62. The van der Waals surface area contributed by atoms with Gasteiger partial charge in [0.05, 0.1) is 18.2 Å². The lowest BCUT2D eigenvalue weighted by molar-refractivity contribution is 0.120. The molecule has 2 unspecified atom stereocenters. The smallest absolute Gasteiger partial charge is 0.193 e. The van der Waals surface area contributed by atoms with Crippen molar-refractivity contribution in [3.63, 3.8) is 0 Å². The van der Waals surface area contributed by atoms with Gasteiger partial charge in [-0.05, 0) is 31.5 Å². The normalized spacial score (nSPS) is 20.7. The third-order valence-corrected chi connectivity index (χ3v) is 3.92. The van der Waals surface area contributed by atoms with Gasteiger partial charge in [-0.1, -0.05) is 23.8 Å². The van der Waals surface area contributed by atoms with Crippen LogP contribution < -0.4 is 15.8 Å². The van der Waals surface area contributed by atoms with Crippen LogP contribution in [-0.4, -0.2) is 32.3 Å². The van der Waals surface area contributed by atoms with E-state index in [-0.39, 0.29) is 30.1 Å². The molecule has 2 rings (SSSR count). The fraction of sp³-hybridized carbons (Fsp3) is 0.438. The van der Waals surface area contributed by atoms with Crippen molar-refractivity contribution in [1.82, 2.24) is 0 Å². The summed E-state index contributed by atoms with van der Waals surface area (Å²) in [4.78, 5) is 4.39. The maximum Gasteiger partial charge on any atom is 0.193 e. The predicted octanol–water partition coefficient (Wildman–Crippen LogP) is 3.67. The van der Waals surface area contributed by atoms with Crippen molar-refractivity contribution in [2.24, 2.45) is 16.6 Å². The first-order valence-electron chi connectivity index (χ1n) is 7.18. The molecule has 23 heavy (non-hydrogen) atoms. The molecule has 7 heteroatoms. The Morgan fingerprint density at radius 1 is 1.57 bits per heavy atom. The Balaban J connectivity index is 0.00000264. The molecule has 1 heterocycles. The van der Waals surface area contributed by atoms with E-state index in [9.17, 15) is 0 Å². The van der Waals surface area contributed by atoms with E-state index in [0.717, 1.165) is 24.3 Å². The Labute approximate surface area is 159 Å². The van der Waals surface area contributed by atoms with Gasteiger partial charge >= 0.3 is 0 Å². The summed E-state index contributed by atoms with van der Waals surface area (Å²) in [7, 11) is 1.58. The van der Waals surface area contributed by atoms with Gasteiger partial charge in [0.2, 0.25) is 0 Å². The van der Waals surface area contributed by atoms with Crippen molar-refractivity contribution in [3.05, 3.63) is 35.4 Å². The second-order valence-electron chi connectivity index (χ2n) is 5.39. The van der Waals surface area contributed by atoms with Crippen LogP contribution in [0.2, 0.25) is 5.02 Å². The molecule has 5 nitrogen and oxygen atoms in total. The van der Waals surface area contributed by atoms with Crippen molar-refractivity contribution >= 4 is 47.2 Å². The Hall–Kier alpha value is -0.990. The summed E-state index contributed by atoms with van der Waals surface area (Å²) >= 11 is 6.08. The highest BCUT2D eigenvalue weighted by Crippen LogP contribution is 2.27. The van der Waals surface area contributed by atoms with Crippen molar-refractivity contribution in [2.75, 3.05) is 25.6 Å². The molecule has 1 saturated heterocycles. The lowest BCUT2D eigenvalue weighted by Gasteiger charge is -2.17. The van der Waals surface area contributed by atoms with Crippen molar-refractivity contribution in [3.8, 4) is 5.75 Å². The number of methoxy groups -OCH3 is 1. The van der Waals surface area contributed by atoms with Gasteiger partial charge < -0.3 is 20.5 Å². The third kappa shape index (κ3) is 5.54. The van der Waals surface area contributed by atoms with E-state index in [0.29, 0.717) is 29.2 Å². The predicted molar refractivity (Wildman–Crippen MR) is 106 cm³/mol. The van der Waals surface area contributed by atoms with Gasteiger partial charge in [-0.3, -0.25) is 4.99 Å². The van der Waals surface area contributed by atoms with Gasteiger partial charge in [0, 0.05) is 24.8 Å². The molecule has 0 spiro atoms. The van der Waals surface area contributed by atoms with Crippen LogP contribution in [0.25, 0.3) is 0 Å². The van der Waals surface area contributed by atoms with Crippen LogP contribution in [0.4, 0.5) is 5.69 Å². The number of nitrogens with zero attached hydrogens (tertiary/aromatic N) is 1. The summed E-state index contributed by atoms with van der Waals surface area (Å²) in [6, 6.07) is 5.36. The molecule has 3 N–H and O–H groups in total. The molecular formula is C16H23ClIN3O2. The molecule has 0 radical (unpaired) electrons. The fourth-order valence-electron chi connectivity index (χ4n) is 2.51. The van der Waals surface area contributed by atoms with Crippen LogP contribution in [0.15, 0.2) is 35.3 Å². The first-order chi connectivity index (χ1) is 10.5. The molecule has 0 aromatic heterocycles. The molecule has 0 amide bonds. The van der Waals surface area contributed by atoms with Crippen molar-refractivity contribution < 1.29 is 9.47 Å². The molecule has 0 bridgehead atoms. The van der Waals surface area contributed by atoms with E-state index in [1.54, 1.807) is 19.2 Å². The zero-order valence-corrected chi connectivity index (χ0v) is 16.4. The standard InChI is InChI=1S/C16H22ClN3O2.HI/c1-10(2)15-11(6-7-22-15)9-19-16(18)20-12-4-5-14(21-3)13(17)8-12;/h4-5,8,11,15H,1,6-7,9H2,2-3H3,(H3,18,19,20);1H. The summed E-state index contributed by atoms with van der Waals surface area (Å²) in [5.41, 5.74) is 7.73. The first kappa shape index (κ1) is 20.1. The molecule has 128 valence electrons. The number of nitrogens with two attached hydrogens (primary N) is 1. The van der Waals surface area contributed by atoms with Crippen LogP contribution in [0.1, 0.15) is 13.3 Å². The maximum atomic E-state index is 6.08. The molecular weight excluding hydrogens is 429 g/mol. The molecule has 0 saturated carbocycles. The quantitative estimate of drug-likeness (QED) is 0.310. The zero-order chi connectivity index (χ0) is 16.1. The van der Waals surface area contributed by atoms with Crippen LogP contribution in [0, 0.1) is 5.92 Å². The lowest BCUT2D eigenvalue weighted by Crippen LogP contribution is -2.26. The van der Waals surface area contributed by atoms with Crippen molar-refractivity contribution in [1.29, 1.82) is 0 Å². The number of nitrogens with one attached hydrogen (secondary N) is 1. The monoisotopic (exact) mass is 451 g/mol. The van der Waals surface area contributed by atoms with Gasteiger partial charge in [-0.15, -0.1) is 24.0 Å². The highest BCUT2D eigenvalue weighted by atomic mass is 127. The van der Waals surface area contributed by atoms with E-state index in [1.807, 2.05) is 13.0 Å². The Morgan fingerprint density at radius 2 is 2.30 bits per heavy atom. The van der Waals surface area contributed by atoms with Gasteiger partial charge in [0.15, 0.2) is 5.96 Å². The number of rotatable bonds is 5. The summed E-state index contributed by atoms with van der Waals surface area (Å²) in [5, 5.41) is 3.55. The number of guanidine groups is 1. The summed E-state index contributed by atoms with van der Waals surface area (Å²) in [6.07, 6.45) is 1.05. The van der Waals surface area contributed by atoms with E-state index < -0.39 is 0 Å². The minimum absolute atomic E-state index is 0. The van der Waals surface area contributed by atoms with Crippen LogP contribution in [0.5, 0.6) is 5.75 Å². The molecule has 1 aromatic rings. The largest absolute Gasteiger partial charge is 0.495 e. The average molecular weight is 452 g/mol. The van der Waals surface area contributed by atoms with Gasteiger partial charge in [0.25, 0.3) is 0 Å². The fourth-order valence-corrected chi connectivity index (χ4v) is 2.77. The molecule has 2 atom stereocenters. The average Bonchev–Trinajstić information content (AvgIpc) is 2.94. The summed E-state index contributed by atoms with van der Waals surface area (Å²) in [5.74, 6) is 1.31. The van der Waals surface area contributed by atoms with E-state index in [2.05, 4.69) is 16.9 Å². The Morgan fingerprint density at radius 3 is 2.91 bits per heavy atom. The van der Waals surface area contributed by atoms with Gasteiger partial charge in [-0.25, -0.2) is 0 Å². The molecule has 1 fully saturated rings. The number of hydrogen-bond acceptors (Lipinski definition) is 3. The number of hydrogen-bond donors (Lipinski definition) is 2. The minimum Gasteiger partial charge on any atom is -0.495 e. The highest BCUT2D eigenvalue weighted by molar-refractivity contribution is 14.0. The number of halogens is 2. The Bertz CT molecular complexity index is 580. The maximum absolute atomic E-state index is 6.08. The molecule has 0 aliphatic carbocycles. The van der Waals surface area contributed by atoms with E-state index >= 15 is 0 Å². The topological polar surface area (TPSA) is 68.9 Å². The molecule has 1 aliphatic heterocycles. The SMILES string of the molecule is C=C(C)C1OCCC1CN=C(N)Nc1ccc(OC)c(Cl)c1.I. The minimum atomic E-state index is 0. The number of anilines is 1. The van der Waals surface area contributed by atoms with E-state index in [4.69, 9.17) is 26.8 Å². The number of aliphatic imine (C=N–C) groups is 1. The van der Waals surface area contributed by atoms with Crippen molar-refractivity contribution in [2.45, 2.75) is 19.4 Å². The van der Waals surface area contributed by atoms with Crippen LogP contribution in [0.3, 0.4) is 0 Å². The van der Waals surface area contributed by atoms with E-state index in [1.165, 1.54) is 0 Å². The highest BCUT2D eigenvalue weighted by Gasteiger charge is 2.28. The zero-order valence-electron chi connectivity index (χ0n) is 13.3. The van der Waals surface area contributed by atoms with Crippen LogP contribution in [-0.2, 0) is 4.74 Å². The summed E-state index contributed by atoms with van der Waals surface area (Å²) in [6.45, 7) is 7.30. The van der Waals surface area contributed by atoms with Crippen LogP contribution >= 0.6 is 35.6 Å². The van der Waals surface area contributed by atoms with Gasteiger partial charge in [0.1, 0.15) is 5.75 Å². The second-order valence-corrected chi connectivity index (χ2v) is 5.79. The summed E-state index contributed by atoms with van der Waals surface area (Å²) < 4.78 is 10.8. The number of benzene rings is 1. The Kier molecular flexibility index (Phi) is 8.15. The lowest BCUT2D eigenvalue weighted by atomic mass is 9.97. The number of ether oxygens (including phenoxy) is 2.